The Bertz CT molecular complexity index is 1280. The van der Waals surface area contributed by atoms with Gasteiger partial charge >= 0.3 is 0 Å². The van der Waals surface area contributed by atoms with Crippen LogP contribution in [0.2, 0.25) is 0 Å². The molecule has 0 atom stereocenters. The summed E-state index contributed by atoms with van der Waals surface area (Å²) in [5.41, 5.74) is 12.5. The molecule has 1 amide bonds. The Kier molecular flexibility index (Phi) is 8.19. The third kappa shape index (κ3) is 4.67. The highest BCUT2D eigenvalue weighted by Crippen LogP contribution is 2.37. The van der Waals surface area contributed by atoms with E-state index in [1.165, 1.54) is 0 Å². The van der Waals surface area contributed by atoms with Crippen molar-refractivity contribution in [2.75, 3.05) is 0 Å². The highest BCUT2D eigenvalue weighted by molar-refractivity contribution is 6.11. The summed E-state index contributed by atoms with van der Waals surface area (Å²) in [4.78, 5) is 12.6. The minimum Gasteiger partial charge on any atom is -0.366 e. The Balaban J connectivity index is 0.00000385. The van der Waals surface area contributed by atoms with Crippen LogP contribution in [0.25, 0.3) is 34.2 Å². The van der Waals surface area contributed by atoms with Crippen molar-refractivity contribution < 1.29 is 9.32 Å². The molecule has 0 fully saturated rings. The first-order chi connectivity index (χ1) is 15.4. The largest absolute Gasteiger partial charge is 0.366 e. The Morgan fingerprint density at radius 3 is 2.45 bits per heavy atom. The van der Waals surface area contributed by atoms with Crippen LogP contribution in [0, 0.1) is 13.8 Å². The number of allylic oxidation sites excluding steroid dienone is 6. The van der Waals surface area contributed by atoms with Crippen LogP contribution in [0.3, 0.4) is 0 Å². The first-order valence-electron chi connectivity index (χ1n) is 10.5. The molecule has 0 radical (unpaired) electrons. The average molecular weight is 444 g/mol. The minimum absolute atomic E-state index is 0. The maximum atomic E-state index is 12.6. The van der Waals surface area contributed by atoms with Gasteiger partial charge < -0.3 is 14.8 Å². The molecule has 172 valence electrons. The van der Waals surface area contributed by atoms with E-state index in [1.54, 1.807) is 6.08 Å². The molecule has 0 spiro atoms. The number of carbonyl (C=O) groups excluding carboxylic acids is 1. The molecule has 0 unspecified atom stereocenters. The number of fused-ring (bicyclic) bond motifs is 1. The van der Waals surface area contributed by atoms with E-state index in [4.69, 9.17) is 10.3 Å². The SMILES string of the molecule is C.C=C/C(=C\C=C/C)Cn1c(/C=C\C)c(C=C)c2c(C(N)=O)cc(-c3c(C)noc3C)cc21. The molecule has 0 bridgehead atoms. The lowest BCUT2D eigenvalue weighted by molar-refractivity contribution is 0.100. The fourth-order valence-electron chi connectivity index (χ4n) is 4.06. The second kappa shape index (κ2) is 10.6. The van der Waals surface area contributed by atoms with Crippen molar-refractivity contribution in [3.8, 4) is 11.1 Å². The monoisotopic (exact) mass is 443 g/mol. The van der Waals surface area contributed by atoms with Crippen molar-refractivity contribution in [2.45, 2.75) is 41.7 Å². The summed E-state index contributed by atoms with van der Waals surface area (Å²) >= 11 is 0. The molecule has 3 rings (SSSR count). The van der Waals surface area contributed by atoms with Gasteiger partial charge in [0.15, 0.2) is 0 Å². The fraction of sp³-hybridized carbons (Fsp3) is 0.214. The predicted molar refractivity (Wildman–Crippen MR) is 140 cm³/mol. The number of carbonyl (C=O) groups is 1. The number of aromatic nitrogens is 2. The van der Waals surface area contributed by atoms with Crippen LogP contribution in [-0.2, 0) is 6.54 Å². The number of hydrogen-bond acceptors (Lipinski definition) is 3. The average Bonchev–Trinajstić information content (AvgIpc) is 3.26. The number of benzene rings is 1. The van der Waals surface area contributed by atoms with E-state index >= 15 is 0 Å². The zero-order chi connectivity index (χ0) is 23.4. The van der Waals surface area contributed by atoms with Gasteiger partial charge in [-0.05, 0) is 57.0 Å². The standard InChI is InChI=1S/C27H29N3O2.CH4/c1-7-11-13-19(9-3)16-30-23(12-8-2)21(10-4)26-22(27(28)31)14-20(15-24(26)30)25-17(5)29-32-18(25)6;/h7-15H,3-4,16H2,1-2,5-6H3,(H2,28,31);1H4/b11-7-,12-8-,19-13+;. The summed E-state index contributed by atoms with van der Waals surface area (Å²) in [6.07, 6.45) is 13.6. The van der Waals surface area contributed by atoms with Gasteiger partial charge in [0, 0.05) is 34.3 Å². The van der Waals surface area contributed by atoms with Gasteiger partial charge in [0.2, 0.25) is 5.91 Å². The lowest BCUT2D eigenvalue weighted by atomic mass is 9.96. The lowest BCUT2D eigenvalue weighted by Crippen LogP contribution is -2.12. The highest BCUT2D eigenvalue weighted by atomic mass is 16.5. The molecule has 5 heteroatoms. The quantitative estimate of drug-likeness (QED) is 0.380. The number of nitrogens with two attached hydrogens (primary N) is 1. The predicted octanol–water partition coefficient (Wildman–Crippen LogP) is 7.01. The zero-order valence-electron chi connectivity index (χ0n) is 19.1. The molecule has 0 aliphatic heterocycles. The second-order valence-electron chi connectivity index (χ2n) is 7.54. The summed E-state index contributed by atoms with van der Waals surface area (Å²) in [6.45, 7) is 16.2. The first-order valence-corrected chi connectivity index (χ1v) is 10.5. The third-order valence-electron chi connectivity index (χ3n) is 5.47. The lowest BCUT2D eigenvalue weighted by Gasteiger charge is -2.12. The normalized spacial score (nSPS) is 11.9. The van der Waals surface area contributed by atoms with Gasteiger partial charge in [-0.15, -0.1) is 0 Å². The molecule has 33 heavy (non-hydrogen) atoms. The van der Waals surface area contributed by atoms with Crippen molar-refractivity contribution in [1.82, 2.24) is 9.72 Å². The van der Waals surface area contributed by atoms with Gasteiger partial charge in [0.05, 0.1) is 11.2 Å². The van der Waals surface area contributed by atoms with Gasteiger partial charge in [-0.25, -0.2) is 0 Å². The summed E-state index contributed by atoms with van der Waals surface area (Å²) in [6, 6.07) is 3.88. The molecule has 2 N–H and O–H groups in total. The second-order valence-corrected chi connectivity index (χ2v) is 7.54. The van der Waals surface area contributed by atoms with Crippen molar-refractivity contribution in [2.24, 2.45) is 5.73 Å². The van der Waals surface area contributed by atoms with E-state index in [2.05, 4.69) is 28.9 Å². The van der Waals surface area contributed by atoms with Crippen LogP contribution in [0.1, 0.15) is 54.3 Å². The minimum atomic E-state index is -0.496. The van der Waals surface area contributed by atoms with Crippen molar-refractivity contribution in [3.63, 3.8) is 0 Å². The van der Waals surface area contributed by atoms with Crippen LogP contribution in [-0.4, -0.2) is 15.6 Å². The summed E-state index contributed by atoms with van der Waals surface area (Å²) in [5, 5.41) is 4.86. The van der Waals surface area contributed by atoms with Crippen molar-refractivity contribution in [3.05, 3.63) is 89.5 Å². The van der Waals surface area contributed by atoms with E-state index in [0.717, 1.165) is 44.6 Å². The van der Waals surface area contributed by atoms with E-state index in [1.807, 2.05) is 70.2 Å². The molecular formula is C28H33N3O2. The fourth-order valence-corrected chi connectivity index (χ4v) is 4.06. The number of rotatable bonds is 8. The van der Waals surface area contributed by atoms with Gasteiger partial charge in [-0.3, -0.25) is 4.79 Å². The van der Waals surface area contributed by atoms with Gasteiger partial charge in [-0.1, -0.05) is 62.2 Å². The van der Waals surface area contributed by atoms with Crippen LogP contribution in [0.4, 0.5) is 0 Å². The van der Waals surface area contributed by atoms with E-state index in [0.29, 0.717) is 17.9 Å². The Hall–Kier alpha value is -3.86. The smallest absolute Gasteiger partial charge is 0.249 e. The molecule has 0 aliphatic carbocycles. The number of nitrogens with zero attached hydrogens (tertiary/aromatic N) is 2. The summed E-state index contributed by atoms with van der Waals surface area (Å²) in [5.74, 6) is 0.192. The maximum Gasteiger partial charge on any atom is 0.249 e. The third-order valence-corrected chi connectivity index (χ3v) is 5.47. The zero-order valence-corrected chi connectivity index (χ0v) is 19.1. The number of hydrogen-bond donors (Lipinski definition) is 1. The molecule has 2 aromatic heterocycles. The van der Waals surface area contributed by atoms with Crippen LogP contribution >= 0.6 is 0 Å². The maximum absolute atomic E-state index is 12.6. The van der Waals surface area contributed by atoms with Crippen LogP contribution in [0.15, 0.2) is 65.8 Å². The molecule has 0 saturated carbocycles. The number of primary amides is 1. The van der Waals surface area contributed by atoms with Gasteiger partial charge in [0.1, 0.15) is 5.76 Å². The van der Waals surface area contributed by atoms with E-state index in [-0.39, 0.29) is 7.43 Å². The van der Waals surface area contributed by atoms with Gasteiger partial charge in [0.25, 0.3) is 0 Å². The highest BCUT2D eigenvalue weighted by Gasteiger charge is 2.22. The Morgan fingerprint density at radius 1 is 1.21 bits per heavy atom. The molecule has 5 nitrogen and oxygen atoms in total. The molecule has 1 aromatic carbocycles. The topological polar surface area (TPSA) is 74.0 Å². The Morgan fingerprint density at radius 2 is 1.94 bits per heavy atom. The molecule has 2 heterocycles. The summed E-state index contributed by atoms with van der Waals surface area (Å²) < 4.78 is 7.54. The molecule has 3 aromatic rings. The molecule has 0 aliphatic rings. The first kappa shape index (κ1) is 25.4. The number of amides is 1. The summed E-state index contributed by atoms with van der Waals surface area (Å²) in [7, 11) is 0. The van der Waals surface area contributed by atoms with Crippen LogP contribution in [0.5, 0.6) is 0 Å². The molecule has 0 saturated heterocycles. The molecular weight excluding hydrogens is 410 g/mol. The van der Waals surface area contributed by atoms with Crippen molar-refractivity contribution >= 4 is 29.0 Å². The van der Waals surface area contributed by atoms with E-state index in [9.17, 15) is 4.79 Å². The van der Waals surface area contributed by atoms with Gasteiger partial charge in [-0.2, -0.15) is 0 Å². The Labute approximate surface area is 196 Å². The van der Waals surface area contributed by atoms with Crippen LogP contribution < -0.4 is 5.73 Å². The van der Waals surface area contributed by atoms with E-state index < -0.39 is 5.91 Å². The number of aryl methyl sites for hydroxylation is 2. The van der Waals surface area contributed by atoms with Crippen molar-refractivity contribution in [1.29, 1.82) is 0 Å².